The fraction of sp³-hybridized carbons (Fsp3) is 0.172. The second-order valence-corrected chi connectivity index (χ2v) is 11.1. The van der Waals surface area contributed by atoms with Gasteiger partial charge in [-0.1, -0.05) is 30.0 Å². The molecule has 0 radical (unpaired) electrons. The van der Waals surface area contributed by atoms with Gasteiger partial charge in [0.1, 0.15) is 17.3 Å². The van der Waals surface area contributed by atoms with E-state index in [0.29, 0.717) is 23.0 Å². The van der Waals surface area contributed by atoms with Gasteiger partial charge in [-0.2, -0.15) is 0 Å². The van der Waals surface area contributed by atoms with Crippen LogP contribution < -0.4 is 15.5 Å². The first-order valence-electron chi connectivity index (χ1n) is 12.9. The number of carbonyl (C=O) groups is 2. The fourth-order valence-electron chi connectivity index (χ4n) is 5.05. The summed E-state index contributed by atoms with van der Waals surface area (Å²) >= 11 is 1.21. The molecule has 0 aliphatic carbocycles. The van der Waals surface area contributed by atoms with Crippen LogP contribution in [0.2, 0.25) is 0 Å². The maximum absolute atomic E-state index is 15.7. The summed E-state index contributed by atoms with van der Waals surface area (Å²) in [5.74, 6) is -2.63. The zero-order chi connectivity index (χ0) is 29.3. The van der Waals surface area contributed by atoms with E-state index in [0.717, 1.165) is 24.7 Å². The topological polar surface area (TPSA) is 112 Å². The number of amidine groups is 1. The third-order valence-corrected chi connectivity index (χ3v) is 8.52. The van der Waals surface area contributed by atoms with E-state index < -0.39 is 28.1 Å². The summed E-state index contributed by atoms with van der Waals surface area (Å²) in [6.07, 6.45) is 3.06. The summed E-state index contributed by atoms with van der Waals surface area (Å²) in [6.45, 7) is 0.851. The van der Waals surface area contributed by atoms with Crippen LogP contribution >= 0.6 is 11.8 Å². The molecule has 4 heterocycles. The fourth-order valence-corrected chi connectivity index (χ4v) is 6.48. The first-order valence-corrected chi connectivity index (χ1v) is 13.7. The molecule has 9 nitrogen and oxygen atoms in total. The number of pyridine rings is 1. The second kappa shape index (κ2) is 11.2. The van der Waals surface area contributed by atoms with Crippen molar-refractivity contribution in [3.63, 3.8) is 0 Å². The third-order valence-electron chi connectivity index (χ3n) is 7.05. The van der Waals surface area contributed by atoms with Gasteiger partial charge >= 0.3 is 0 Å². The molecule has 2 N–H and O–H groups in total. The van der Waals surface area contributed by atoms with Gasteiger partial charge in [0.2, 0.25) is 5.95 Å². The van der Waals surface area contributed by atoms with Crippen molar-refractivity contribution in [2.24, 2.45) is 10.9 Å². The van der Waals surface area contributed by atoms with Crippen molar-refractivity contribution in [1.29, 1.82) is 0 Å². The minimum Gasteiger partial charge on any atom is -0.339 e. The number of halogens is 3. The lowest BCUT2D eigenvalue weighted by Crippen LogP contribution is -2.43. The highest BCUT2D eigenvalue weighted by Gasteiger charge is 2.53. The normalized spacial score (nSPS) is 19.5. The van der Waals surface area contributed by atoms with Crippen molar-refractivity contribution < 1.29 is 22.8 Å². The monoisotopic (exact) mass is 589 g/mol. The number of hydrogen-bond donors (Lipinski definition) is 2. The van der Waals surface area contributed by atoms with Gasteiger partial charge in [0.15, 0.2) is 11.0 Å². The van der Waals surface area contributed by atoms with Crippen molar-refractivity contribution >= 4 is 40.4 Å². The molecule has 1 saturated heterocycles. The molecule has 4 aromatic rings. The summed E-state index contributed by atoms with van der Waals surface area (Å²) in [7, 11) is 0. The van der Waals surface area contributed by atoms with Crippen LogP contribution in [0, 0.1) is 23.4 Å². The Morgan fingerprint density at radius 1 is 0.881 bits per heavy atom. The maximum atomic E-state index is 15.7. The Morgan fingerprint density at radius 3 is 2.38 bits per heavy atom. The second-order valence-electron chi connectivity index (χ2n) is 9.75. The summed E-state index contributed by atoms with van der Waals surface area (Å²) in [5.41, 5.74) is 0.998. The summed E-state index contributed by atoms with van der Waals surface area (Å²) in [5, 5.41) is 5.85. The average molecular weight is 590 g/mol. The van der Waals surface area contributed by atoms with Crippen LogP contribution in [0.1, 0.15) is 26.4 Å². The molecule has 2 unspecified atom stereocenters. The highest BCUT2D eigenvalue weighted by Crippen LogP contribution is 2.52. The van der Waals surface area contributed by atoms with Crippen molar-refractivity contribution in [1.82, 2.24) is 20.3 Å². The molecule has 2 aromatic carbocycles. The third kappa shape index (κ3) is 5.42. The number of hydrogen-bond acceptors (Lipinski definition) is 8. The first kappa shape index (κ1) is 27.4. The van der Waals surface area contributed by atoms with Crippen LogP contribution in [-0.4, -0.2) is 51.6 Å². The van der Waals surface area contributed by atoms with E-state index in [4.69, 9.17) is 0 Å². The van der Waals surface area contributed by atoms with E-state index in [1.807, 2.05) is 4.90 Å². The minimum absolute atomic E-state index is 0.0103. The molecule has 0 saturated carbocycles. The minimum atomic E-state index is -0.988. The van der Waals surface area contributed by atoms with Gasteiger partial charge in [-0.25, -0.2) is 28.1 Å². The molecule has 2 amide bonds. The number of aromatic nitrogens is 3. The Bertz CT molecular complexity index is 1670. The molecule has 2 atom stereocenters. The van der Waals surface area contributed by atoms with Crippen LogP contribution in [0.15, 0.2) is 84.2 Å². The molecule has 13 heteroatoms. The highest BCUT2D eigenvalue weighted by molar-refractivity contribution is 8.14. The van der Waals surface area contributed by atoms with Gasteiger partial charge in [-0.05, 0) is 42.5 Å². The number of carbonyl (C=O) groups excluding carboxylic acids is 2. The predicted molar refractivity (Wildman–Crippen MR) is 152 cm³/mol. The number of benzene rings is 2. The SMILES string of the molecule is O=C(NC1=NCC2CN(c3ncc(F)cn3)CC2(c2cc(NC(=O)c3ccc(F)cn3)ccc2F)S1)c1ccccc1. The van der Waals surface area contributed by atoms with Crippen molar-refractivity contribution in [3.05, 3.63) is 114 Å². The lowest BCUT2D eigenvalue weighted by atomic mass is 9.87. The van der Waals surface area contributed by atoms with E-state index in [9.17, 15) is 18.4 Å². The van der Waals surface area contributed by atoms with Crippen molar-refractivity contribution in [3.8, 4) is 0 Å². The first-order chi connectivity index (χ1) is 20.3. The lowest BCUT2D eigenvalue weighted by Gasteiger charge is -2.37. The van der Waals surface area contributed by atoms with Crippen molar-refractivity contribution in [2.75, 3.05) is 29.9 Å². The Morgan fingerprint density at radius 2 is 1.64 bits per heavy atom. The molecule has 1 fully saturated rings. The quantitative estimate of drug-likeness (QED) is 0.355. The van der Waals surface area contributed by atoms with Crippen molar-refractivity contribution in [2.45, 2.75) is 4.75 Å². The highest BCUT2D eigenvalue weighted by atomic mass is 32.2. The summed E-state index contributed by atoms with van der Waals surface area (Å²) < 4.78 is 41.6. The van der Waals surface area contributed by atoms with E-state index >= 15 is 4.39 Å². The lowest BCUT2D eigenvalue weighted by molar-refractivity contribution is 0.0976. The zero-order valence-electron chi connectivity index (χ0n) is 21.8. The number of thioether (sulfide) groups is 1. The van der Waals surface area contributed by atoms with E-state index in [-0.39, 0.29) is 42.1 Å². The average Bonchev–Trinajstić information content (AvgIpc) is 3.39. The molecule has 0 spiro atoms. The van der Waals surface area contributed by atoms with Gasteiger partial charge in [-0.15, -0.1) is 0 Å². The molecule has 212 valence electrons. The Hall–Kier alpha value is -4.78. The molecular formula is C29H22F3N7O2S. The number of rotatable bonds is 5. The number of amides is 2. The van der Waals surface area contributed by atoms with E-state index in [1.54, 1.807) is 30.3 Å². The van der Waals surface area contributed by atoms with Crippen LogP contribution in [0.3, 0.4) is 0 Å². The molecule has 2 aliphatic rings. The molecule has 2 aliphatic heterocycles. The Kier molecular flexibility index (Phi) is 7.33. The molecule has 6 rings (SSSR count). The number of aliphatic imine (C=N–C) groups is 1. The molecule has 2 aromatic heterocycles. The number of nitrogens with zero attached hydrogens (tertiary/aromatic N) is 5. The zero-order valence-corrected chi connectivity index (χ0v) is 22.6. The Balaban J connectivity index is 1.34. The van der Waals surface area contributed by atoms with E-state index in [2.05, 4.69) is 30.6 Å². The van der Waals surface area contributed by atoms with Crippen LogP contribution in [-0.2, 0) is 4.75 Å². The number of anilines is 2. The number of fused-ring (bicyclic) bond motifs is 1. The van der Waals surface area contributed by atoms with Gasteiger partial charge in [0.25, 0.3) is 11.8 Å². The largest absolute Gasteiger partial charge is 0.339 e. The van der Waals surface area contributed by atoms with Gasteiger partial charge in [0, 0.05) is 42.4 Å². The van der Waals surface area contributed by atoms with Crippen LogP contribution in [0.5, 0.6) is 0 Å². The van der Waals surface area contributed by atoms with Gasteiger partial charge in [-0.3, -0.25) is 14.6 Å². The molecule has 0 bridgehead atoms. The predicted octanol–water partition coefficient (Wildman–Crippen LogP) is 4.41. The van der Waals surface area contributed by atoms with E-state index in [1.165, 1.54) is 36.0 Å². The van der Waals surface area contributed by atoms with Crippen LogP contribution in [0.4, 0.5) is 24.8 Å². The molecule has 42 heavy (non-hydrogen) atoms. The van der Waals surface area contributed by atoms with Gasteiger partial charge < -0.3 is 15.5 Å². The summed E-state index contributed by atoms with van der Waals surface area (Å²) in [4.78, 5) is 44.1. The summed E-state index contributed by atoms with van der Waals surface area (Å²) in [6, 6.07) is 15.2. The number of nitrogens with one attached hydrogen (secondary N) is 2. The smallest absolute Gasteiger partial charge is 0.274 e. The Labute approximate surface area is 242 Å². The standard InChI is InChI=1S/C29H22F3N7O2S/c30-19-6-9-24(33-12-19)26(41)37-21-7-8-23(32)22(10-21)29-16-39(27-34-13-20(31)14-35-27)15-18(29)11-36-28(42-29)38-25(40)17-4-2-1-3-5-17/h1-10,12-14,18H,11,15-16H2,(H,37,41)(H,36,38,40). The molecular weight excluding hydrogens is 567 g/mol. The van der Waals surface area contributed by atoms with Gasteiger partial charge in [0.05, 0.1) is 23.3 Å². The van der Waals surface area contributed by atoms with Crippen LogP contribution in [0.25, 0.3) is 0 Å². The maximum Gasteiger partial charge on any atom is 0.274 e.